The Hall–Kier alpha value is -2.38. The highest BCUT2D eigenvalue weighted by Gasteiger charge is 2.29. The van der Waals surface area contributed by atoms with Gasteiger partial charge in [0.25, 0.3) is 5.91 Å². The molecule has 1 N–H and O–H groups in total. The van der Waals surface area contributed by atoms with Gasteiger partial charge < -0.3 is 14.7 Å². The van der Waals surface area contributed by atoms with Crippen LogP contribution in [0.3, 0.4) is 0 Å². The molecule has 1 aliphatic rings. The van der Waals surface area contributed by atoms with Gasteiger partial charge in [0, 0.05) is 30.5 Å². The van der Waals surface area contributed by atoms with Crippen LogP contribution in [0.25, 0.3) is 5.69 Å². The number of nitrogens with zero attached hydrogens (tertiary/aromatic N) is 3. The molecule has 0 atom stereocenters. The third kappa shape index (κ3) is 4.18. The molecule has 0 bridgehead atoms. The summed E-state index contributed by atoms with van der Waals surface area (Å²) in [5, 5.41) is 13.9. The first-order valence-electron chi connectivity index (χ1n) is 7.95. The van der Waals surface area contributed by atoms with Gasteiger partial charge >= 0.3 is 5.97 Å². The fourth-order valence-electron chi connectivity index (χ4n) is 2.87. The minimum Gasteiger partial charge on any atom is -0.480 e. The highest BCUT2D eigenvalue weighted by atomic mass is 35.5. The molecule has 1 aromatic carbocycles. The number of benzene rings is 1. The lowest BCUT2D eigenvalue weighted by atomic mass is 10.1. The molecule has 132 valence electrons. The highest BCUT2D eigenvalue weighted by molar-refractivity contribution is 6.30. The predicted molar refractivity (Wildman–Crippen MR) is 91.1 cm³/mol. The first-order valence-corrected chi connectivity index (χ1v) is 8.33. The van der Waals surface area contributed by atoms with Crippen LogP contribution >= 0.6 is 11.6 Å². The molecular weight excluding hydrogens is 346 g/mol. The number of rotatable bonds is 5. The third-order valence-corrected chi connectivity index (χ3v) is 4.34. The Kier molecular flexibility index (Phi) is 5.35. The quantitative estimate of drug-likeness (QED) is 0.880. The second-order valence-electron chi connectivity index (χ2n) is 5.82. The van der Waals surface area contributed by atoms with Gasteiger partial charge in [-0.2, -0.15) is 5.10 Å². The summed E-state index contributed by atoms with van der Waals surface area (Å²) >= 11 is 5.98. The molecule has 2 aromatic rings. The topological polar surface area (TPSA) is 84.7 Å². The van der Waals surface area contributed by atoms with Gasteiger partial charge in [0.05, 0.1) is 17.4 Å². The summed E-state index contributed by atoms with van der Waals surface area (Å²) in [6.07, 6.45) is 4.28. The van der Waals surface area contributed by atoms with E-state index in [1.54, 1.807) is 29.1 Å². The summed E-state index contributed by atoms with van der Waals surface area (Å²) in [5.41, 5.74) is 1.06. The number of hydrogen-bond donors (Lipinski definition) is 1. The number of carboxylic acid groups (broad SMARTS) is 1. The lowest BCUT2D eigenvalue weighted by molar-refractivity contribution is -0.138. The Morgan fingerprint density at radius 3 is 2.80 bits per heavy atom. The first-order chi connectivity index (χ1) is 12.0. The zero-order valence-corrected chi connectivity index (χ0v) is 14.2. The maximum Gasteiger partial charge on any atom is 0.323 e. The molecule has 1 fully saturated rings. The maximum absolute atomic E-state index is 12.8. The van der Waals surface area contributed by atoms with Crippen molar-refractivity contribution in [1.29, 1.82) is 0 Å². The molecule has 1 amide bonds. The van der Waals surface area contributed by atoms with Gasteiger partial charge in [0.15, 0.2) is 0 Å². The number of halogens is 1. The molecule has 0 spiro atoms. The lowest BCUT2D eigenvalue weighted by Crippen LogP contribution is -2.46. The van der Waals surface area contributed by atoms with Crippen LogP contribution in [0.5, 0.6) is 0 Å². The summed E-state index contributed by atoms with van der Waals surface area (Å²) in [5.74, 6) is -1.38. The zero-order valence-electron chi connectivity index (χ0n) is 13.5. The number of aliphatic carboxylic acids is 1. The average Bonchev–Trinajstić information content (AvgIpc) is 3.10. The zero-order chi connectivity index (χ0) is 17.8. The van der Waals surface area contributed by atoms with Crippen LogP contribution in [-0.2, 0) is 9.53 Å². The van der Waals surface area contributed by atoms with E-state index in [1.165, 1.54) is 11.1 Å². The molecule has 1 saturated heterocycles. The van der Waals surface area contributed by atoms with Crippen molar-refractivity contribution >= 4 is 23.5 Å². The van der Waals surface area contributed by atoms with E-state index < -0.39 is 5.97 Å². The van der Waals surface area contributed by atoms with Crippen LogP contribution < -0.4 is 0 Å². The van der Waals surface area contributed by atoms with Gasteiger partial charge in [-0.05, 0) is 31.0 Å². The van der Waals surface area contributed by atoms with E-state index in [2.05, 4.69) is 5.10 Å². The van der Waals surface area contributed by atoms with Crippen LogP contribution in [-0.4, -0.2) is 57.5 Å². The van der Waals surface area contributed by atoms with Crippen molar-refractivity contribution in [3.8, 4) is 5.69 Å². The van der Waals surface area contributed by atoms with Crippen LogP contribution in [0.2, 0.25) is 5.02 Å². The van der Waals surface area contributed by atoms with Crippen LogP contribution in [0, 0.1) is 0 Å². The Morgan fingerprint density at radius 1 is 1.36 bits per heavy atom. The molecule has 0 radical (unpaired) electrons. The minimum atomic E-state index is -1.04. The third-order valence-electron chi connectivity index (χ3n) is 4.10. The van der Waals surface area contributed by atoms with Crippen LogP contribution in [0.1, 0.15) is 23.2 Å². The van der Waals surface area contributed by atoms with E-state index in [1.807, 2.05) is 6.07 Å². The van der Waals surface area contributed by atoms with E-state index in [0.29, 0.717) is 36.6 Å². The van der Waals surface area contributed by atoms with E-state index >= 15 is 0 Å². The van der Waals surface area contributed by atoms with Gasteiger partial charge in [0.1, 0.15) is 6.54 Å². The normalized spacial score (nSPS) is 15.1. The molecule has 7 nitrogen and oxygen atoms in total. The Balaban J connectivity index is 1.83. The fourth-order valence-corrected chi connectivity index (χ4v) is 3.05. The predicted octanol–water partition coefficient (Wildman–Crippen LogP) is 2.23. The number of aromatic nitrogens is 2. The van der Waals surface area contributed by atoms with E-state index in [4.69, 9.17) is 21.4 Å². The molecule has 1 aliphatic heterocycles. The molecule has 0 aliphatic carbocycles. The largest absolute Gasteiger partial charge is 0.480 e. The standard InChI is InChI=1S/C17H18ClN3O4/c18-13-2-1-3-15(8-13)21-10-12(9-19-21)17(24)20(11-16(22)23)14-4-6-25-7-5-14/h1-3,8-10,14H,4-7,11H2,(H,22,23). The van der Waals surface area contributed by atoms with E-state index in [0.717, 1.165) is 5.69 Å². The highest BCUT2D eigenvalue weighted by Crippen LogP contribution is 2.19. The average molecular weight is 364 g/mol. The molecule has 25 heavy (non-hydrogen) atoms. The van der Waals surface area contributed by atoms with Crippen LogP contribution in [0.4, 0.5) is 0 Å². The molecule has 0 unspecified atom stereocenters. The molecule has 2 heterocycles. The number of carbonyl (C=O) groups excluding carboxylic acids is 1. The monoisotopic (exact) mass is 363 g/mol. The minimum absolute atomic E-state index is 0.146. The molecule has 1 aromatic heterocycles. The number of carboxylic acids is 1. The SMILES string of the molecule is O=C(O)CN(C(=O)c1cnn(-c2cccc(Cl)c2)c1)C1CCOCC1. The lowest BCUT2D eigenvalue weighted by Gasteiger charge is -2.32. The van der Waals surface area contributed by atoms with Crippen LogP contribution in [0.15, 0.2) is 36.7 Å². The van der Waals surface area contributed by atoms with Gasteiger partial charge in [-0.15, -0.1) is 0 Å². The Labute approximate surface area is 149 Å². The van der Waals surface area contributed by atoms with Crippen molar-refractivity contribution < 1.29 is 19.4 Å². The second kappa shape index (κ2) is 7.67. The van der Waals surface area contributed by atoms with Crippen molar-refractivity contribution in [1.82, 2.24) is 14.7 Å². The van der Waals surface area contributed by atoms with Crippen molar-refractivity contribution in [2.45, 2.75) is 18.9 Å². The summed E-state index contributed by atoms with van der Waals surface area (Å²) in [6.45, 7) is 0.706. The van der Waals surface area contributed by atoms with Gasteiger partial charge in [-0.3, -0.25) is 9.59 Å². The molecule has 8 heteroatoms. The number of carbonyl (C=O) groups is 2. The number of hydrogen-bond acceptors (Lipinski definition) is 4. The fraction of sp³-hybridized carbons (Fsp3) is 0.353. The van der Waals surface area contributed by atoms with Gasteiger partial charge in [0.2, 0.25) is 0 Å². The van der Waals surface area contributed by atoms with E-state index in [-0.39, 0.29) is 18.5 Å². The van der Waals surface area contributed by atoms with Crippen molar-refractivity contribution in [2.75, 3.05) is 19.8 Å². The molecule has 0 saturated carbocycles. The summed E-state index contributed by atoms with van der Waals surface area (Å²) in [4.78, 5) is 25.4. The Morgan fingerprint density at radius 2 is 2.12 bits per heavy atom. The van der Waals surface area contributed by atoms with Crippen molar-refractivity contribution in [3.05, 3.63) is 47.2 Å². The maximum atomic E-state index is 12.8. The second-order valence-corrected chi connectivity index (χ2v) is 6.26. The molecule has 3 rings (SSSR count). The Bertz CT molecular complexity index is 771. The van der Waals surface area contributed by atoms with Gasteiger partial charge in [-0.25, -0.2) is 4.68 Å². The number of amides is 1. The first kappa shape index (κ1) is 17.4. The van der Waals surface area contributed by atoms with Gasteiger partial charge in [-0.1, -0.05) is 17.7 Å². The summed E-state index contributed by atoms with van der Waals surface area (Å²) in [7, 11) is 0. The summed E-state index contributed by atoms with van der Waals surface area (Å²) < 4.78 is 6.84. The smallest absolute Gasteiger partial charge is 0.323 e. The summed E-state index contributed by atoms with van der Waals surface area (Å²) in [6, 6.07) is 6.95. The molecular formula is C17H18ClN3O4. The van der Waals surface area contributed by atoms with E-state index in [9.17, 15) is 9.59 Å². The van der Waals surface area contributed by atoms with Crippen molar-refractivity contribution in [2.24, 2.45) is 0 Å². The number of ether oxygens (including phenoxy) is 1. The van der Waals surface area contributed by atoms with Crippen molar-refractivity contribution in [3.63, 3.8) is 0 Å².